The lowest BCUT2D eigenvalue weighted by Gasteiger charge is -2.26. The summed E-state index contributed by atoms with van der Waals surface area (Å²) in [6.45, 7) is 5.03. The third-order valence-corrected chi connectivity index (χ3v) is 3.38. The van der Waals surface area contributed by atoms with Gasteiger partial charge < -0.3 is 9.30 Å². The second-order valence-electron chi connectivity index (χ2n) is 4.53. The Morgan fingerprint density at radius 2 is 2.31 bits per heavy atom. The van der Waals surface area contributed by atoms with Crippen LogP contribution in [0.2, 0.25) is 0 Å². The highest BCUT2D eigenvalue weighted by molar-refractivity contribution is 5.81. The van der Waals surface area contributed by atoms with Gasteiger partial charge in [-0.05, 0) is 25.5 Å². The Morgan fingerprint density at radius 1 is 1.44 bits per heavy atom. The Hall–Kier alpha value is -1.35. The number of ether oxygens (including phenoxy) is 1. The Kier molecular flexibility index (Phi) is 2.40. The zero-order chi connectivity index (χ0) is 11.0. The monoisotopic (exact) mass is 216 g/mol. The minimum Gasteiger partial charge on any atom is -0.381 e. The van der Waals surface area contributed by atoms with Gasteiger partial charge in [-0.15, -0.1) is 0 Å². The molecule has 3 nitrogen and oxygen atoms in total. The SMILES string of the molecule is Cc1nccc2c1ccn2CCC1COC1. The van der Waals surface area contributed by atoms with Crippen LogP contribution in [-0.2, 0) is 11.3 Å². The van der Waals surface area contributed by atoms with E-state index >= 15 is 0 Å². The molecule has 0 bridgehead atoms. The maximum absolute atomic E-state index is 5.19. The minimum absolute atomic E-state index is 0.764. The van der Waals surface area contributed by atoms with E-state index in [9.17, 15) is 0 Å². The number of aromatic nitrogens is 2. The summed E-state index contributed by atoms with van der Waals surface area (Å²) in [7, 11) is 0. The Morgan fingerprint density at radius 3 is 3.06 bits per heavy atom. The molecule has 16 heavy (non-hydrogen) atoms. The fraction of sp³-hybridized carbons (Fsp3) is 0.462. The summed E-state index contributed by atoms with van der Waals surface area (Å²) in [4.78, 5) is 4.31. The van der Waals surface area contributed by atoms with Crippen LogP contribution < -0.4 is 0 Å². The van der Waals surface area contributed by atoms with E-state index in [0.717, 1.165) is 31.4 Å². The van der Waals surface area contributed by atoms with Gasteiger partial charge in [0.2, 0.25) is 0 Å². The van der Waals surface area contributed by atoms with E-state index in [-0.39, 0.29) is 0 Å². The quantitative estimate of drug-likeness (QED) is 0.787. The van der Waals surface area contributed by atoms with Gasteiger partial charge in [0.25, 0.3) is 0 Å². The molecule has 3 heterocycles. The van der Waals surface area contributed by atoms with E-state index in [4.69, 9.17) is 4.74 Å². The largest absolute Gasteiger partial charge is 0.381 e. The third kappa shape index (κ3) is 1.61. The maximum Gasteiger partial charge on any atom is 0.0517 e. The predicted octanol–water partition coefficient (Wildman–Crippen LogP) is 2.38. The number of hydrogen-bond donors (Lipinski definition) is 0. The van der Waals surface area contributed by atoms with E-state index in [2.05, 4.69) is 34.8 Å². The fourth-order valence-electron chi connectivity index (χ4n) is 2.23. The standard InChI is InChI=1S/C13H16N2O/c1-10-12-4-7-15(13(12)2-5-14-10)6-3-11-8-16-9-11/h2,4-5,7,11H,3,6,8-9H2,1H3. The molecular weight excluding hydrogens is 200 g/mol. The highest BCUT2D eigenvalue weighted by atomic mass is 16.5. The molecule has 0 aromatic carbocycles. The van der Waals surface area contributed by atoms with Crippen LogP contribution in [0.1, 0.15) is 12.1 Å². The van der Waals surface area contributed by atoms with E-state index in [1.807, 2.05) is 6.20 Å². The molecule has 0 amide bonds. The zero-order valence-corrected chi connectivity index (χ0v) is 9.52. The van der Waals surface area contributed by atoms with E-state index in [1.54, 1.807) is 0 Å². The van der Waals surface area contributed by atoms with Crippen LogP contribution in [0, 0.1) is 12.8 Å². The predicted molar refractivity (Wildman–Crippen MR) is 63.4 cm³/mol. The summed E-state index contributed by atoms with van der Waals surface area (Å²) in [6.07, 6.45) is 5.27. The topological polar surface area (TPSA) is 27.1 Å². The van der Waals surface area contributed by atoms with Gasteiger partial charge in [0.15, 0.2) is 0 Å². The molecule has 0 aliphatic carbocycles. The number of pyridine rings is 1. The number of aryl methyl sites for hydroxylation is 2. The average molecular weight is 216 g/mol. The summed E-state index contributed by atoms with van der Waals surface area (Å²) >= 11 is 0. The Balaban J connectivity index is 1.83. The first-order valence-corrected chi connectivity index (χ1v) is 5.83. The van der Waals surface area contributed by atoms with Crippen LogP contribution in [0.15, 0.2) is 24.5 Å². The highest BCUT2D eigenvalue weighted by Crippen LogP contribution is 2.20. The molecule has 1 aliphatic rings. The van der Waals surface area contributed by atoms with Gasteiger partial charge in [-0.3, -0.25) is 4.98 Å². The van der Waals surface area contributed by atoms with Gasteiger partial charge in [0.1, 0.15) is 0 Å². The Labute approximate surface area is 95.0 Å². The molecule has 2 aromatic heterocycles. The summed E-state index contributed by atoms with van der Waals surface area (Å²) in [5.74, 6) is 0.764. The minimum atomic E-state index is 0.764. The third-order valence-electron chi connectivity index (χ3n) is 3.38. The summed E-state index contributed by atoms with van der Waals surface area (Å²) < 4.78 is 7.51. The van der Waals surface area contributed by atoms with Crippen LogP contribution in [0.25, 0.3) is 10.9 Å². The molecule has 84 valence electrons. The molecule has 0 N–H and O–H groups in total. The van der Waals surface area contributed by atoms with Crippen molar-refractivity contribution in [2.45, 2.75) is 19.9 Å². The lowest BCUT2D eigenvalue weighted by molar-refractivity contribution is -0.0370. The smallest absolute Gasteiger partial charge is 0.0517 e. The fourth-order valence-corrected chi connectivity index (χ4v) is 2.23. The van der Waals surface area contributed by atoms with E-state index in [0.29, 0.717) is 0 Å². The molecule has 0 unspecified atom stereocenters. The van der Waals surface area contributed by atoms with Crippen molar-refractivity contribution in [3.05, 3.63) is 30.2 Å². The molecule has 1 aliphatic heterocycles. The number of rotatable bonds is 3. The molecule has 2 aromatic rings. The molecule has 0 atom stereocenters. The summed E-state index contributed by atoms with van der Waals surface area (Å²) in [6, 6.07) is 4.26. The first-order valence-electron chi connectivity index (χ1n) is 5.83. The molecule has 3 rings (SSSR count). The molecule has 3 heteroatoms. The van der Waals surface area contributed by atoms with Gasteiger partial charge in [-0.2, -0.15) is 0 Å². The lowest BCUT2D eigenvalue weighted by Crippen LogP contribution is -2.28. The highest BCUT2D eigenvalue weighted by Gasteiger charge is 2.18. The summed E-state index contributed by atoms with van der Waals surface area (Å²) in [5, 5.41) is 1.27. The lowest BCUT2D eigenvalue weighted by atomic mass is 10.0. The first kappa shape index (κ1) is 9.85. The van der Waals surface area contributed by atoms with E-state index < -0.39 is 0 Å². The van der Waals surface area contributed by atoms with Crippen molar-refractivity contribution >= 4 is 10.9 Å². The molecule has 1 saturated heterocycles. The van der Waals surface area contributed by atoms with Crippen molar-refractivity contribution in [2.75, 3.05) is 13.2 Å². The van der Waals surface area contributed by atoms with Crippen molar-refractivity contribution in [2.24, 2.45) is 5.92 Å². The van der Waals surface area contributed by atoms with Crippen LogP contribution in [-0.4, -0.2) is 22.8 Å². The zero-order valence-electron chi connectivity index (χ0n) is 9.52. The van der Waals surface area contributed by atoms with Crippen molar-refractivity contribution in [1.82, 2.24) is 9.55 Å². The van der Waals surface area contributed by atoms with Crippen molar-refractivity contribution in [3.63, 3.8) is 0 Å². The Bertz CT molecular complexity index is 500. The summed E-state index contributed by atoms with van der Waals surface area (Å²) in [5.41, 5.74) is 2.41. The van der Waals surface area contributed by atoms with E-state index in [1.165, 1.54) is 17.3 Å². The van der Waals surface area contributed by atoms with Gasteiger partial charge in [-0.25, -0.2) is 0 Å². The first-order chi connectivity index (χ1) is 7.84. The number of hydrogen-bond acceptors (Lipinski definition) is 2. The normalized spacial score (nSPS) is 16.6. The molecule has 0 spiro atoms. The average Bonchev–Trinajstić information content (AvgIpc) is 2.61. The molecular formula is C13H16N2O. The van der Waals surface area contributed by atoms with Gasteiger partial charge in [0, 0.05) is 35.9 Å². The van der Waals surface area contributed by atoms with Crippen molar-refractivity contribution in [1.29, 1.82) is 0 Å². The van der Waals surface area contributed by atoms with Crippen LogP contribution in [0.5, 0.6) is 0 Å². The molecule has 0 saturated carbocycles. The van der Waals surface area contributed by atoms with Crippen LogP contribution in [0.4, 0.5) is 0 Å². The van der Waals surface area contributed by atoms with Gasteiger partial charge in [0.05, 0.1) is 18.7 Å². The molecule has 0 radical (unpaired) electrons. The van der Waals surface area contributed by atoms with Gasteiger partial charge in [-0.1, -0.05) is 0 Å². The second-order valence-corrected chi connectivity index (χ2v) is 4.53. The van der Waals surface area contributed by atoms with Crippen molar-refractivity contribution in [3.8, 4) is 0 Å². The van der Waals surface area contributed by atoms with Gasteiger partial charge >= 0.3 is 0 Å². The molecule has 1 fully saturated rings. The second kappa shape index (κ2) is 3.91. The maximum atomic E-state index is 5.19. The van der Waals surface area contributed by atoms with Crippen LogP contribution in [0.3, 0.4) is 0 Å². The van der Waals surface area contributed by atoms with Crippen LogP contribution >= 0.6 is 0 Å². The number of nitrogens with zero attached hydrogens (tertiary/aromatic N) is 2. The number of fused-ring (bicyclic) bond motifs is 1. The van der Waals surface area contributed by atoms with Crippen molar-refractivity contribution < 1.29 is 4.74 Å².